The second-order valence-corrected chi connectivity index (χ2v) is 3.40. The summed E-state index contributed by atoms with van der Waals surface area (Å²) < 4.78 is 1.77. The van der Waals surface area contributed by atoms with Crippen LogP contribution in [0.3, 0.4) is 0 Å². The molecule has 14 heavy (non-hydrogen) atoms. The van der Waals surface area contributed by atoms with Gasteiger partial charge < -0.3 is 9.88 Å². The van der Waals surface area contributed by atoms with Crippen molar-refractivity contribution in [1.82, 2.24) is 9.88 Å². The van der Waals surface area contributed by atoms with Gasteiger partial charge in [0.15, 0.2) is 0 Å². The summed E-state index contributed by atoms with van der Waals surface area (Å²) in [6, 6.07) is 3.77. The summed E-state index contributed by atoms with van der Waals surface area (Å²) in [6.07, 6.45) is 2.85. The van der Waals surface area contributed by atoms with Crippen LogP contribution in [-0.2, 0) is 6.54 Å². The molecule has 1 aromatic rings. The number of aryl methyl sites for hydroxylation is 2. The van der Waals surface area contributed by atoms with Gasteiger partial charge in [-0.15, -0.1) is 0 Å². The van der Waals surface area contributed by atoms with Crippen LogP contribution >= 0.6 is 0 Å². The van der Waals surface area contributed by atoms with Crippen LogP contribution in [0.2, 0.25) is 0 Å². The highest BCUT2D eigenvalue weighted by Crippen LogP contribution is 1.90. The smallest absolute Gasteiger partial charge is 0.253 e. The second-order valence-electron chi connectivity index (χ2n) is 3.40. The van der Waals surface area contributed by atoms with Crippen molar-refractivity contribution in [3.8, 4) is 0 Å². The Morgan fingerprint density at radius 1 is 1.50 bits per heavy atom. The normalized spacial score (nSPS) is 10.4. The third-order valence-corrected chi connectivity index (χ3v) is 2.21. The molecule has 1 aromatic heterocycles. The standard InChI is InChI=1S/C11H18N2O/c1-3-12-7-5-9-13-8-4-6-10(2)11(13)14/h4,6,8,12H,3,5,7,9H2,1-2H3. The van der Waals surface area contributed by atoms with E-state index < -0.39 is 0 Å². The van der Waals surface area contributed by atoms with Crippen LogP contribution in [0.15, 0.2) is 23.1 Å². The predicted molar refractivity (Wildman–Crippen MR) is 58.6 cm³/mol. The fraction of sp³-hybridized carbons (Fsp3) is 0.545. The monoisotopic (exact) mass is 194 g/mol. The largest absolute Gasteiger partial charge is 0.317 e. The van der Waals surface area contributed by atoms with Crippen molar-refractivity contribution < 1.29 is 0 Å². The van der Waals surface area contributed by atoms with Gasteiger partial charge in [0.25, 0.3) is 5.56 Å². The van der Waals surface area contributed by atoms with Crippen LogP contribution in [0.1, 0.15) is 18.9 Å². The Kier molecular flexibility index (Phi) is 4.40. The average molecular weight is 194 g/mol. The summed E-state index contributed by atoms with van der Waals surface area (Å²) in [5.41, 5.74) is 0.944. The Bertz CT molecular complexity index is 330. The predicted octanol–water partition coefficient (Wildman–Crippen LogP) is 1.16. The quantitative estimate of drug-likeness (QED) is 0.714. The molecule has 0 spiro atoms. The van der Waals surface area contributed by atoms with Crippen molar-refractivity contribution in [2.24, 2.45) is 0 Å². The molecule has 3 heteroatoms. The minimum Gasteiger partial charge on any atom is -0.317 e. The average Bonchev–Trinajstić information content (AvgIpc) is 2.19. The Morgan fingerprint density at radius 2 is 2.29 bits per heavy atom. The lowest BCUT2D eigenvalue weighted by Crippen LogP contribution is -2.23. The summed E-state index contributed by atoms with van der Waals surface area (Å²) in [5.74, 6) is 0. The maximum absolute atomic E-state index is 11.6. The first-order chi connectivity index (χ1) is 6.75. The van der Waals surface area contributed by atoms with Gasteiger partial charge in [0, 0.05) is 18.3 Å². The summed E-state index contributed by atoms with van der Waals surface area (Å²) in [5, 5.41) is 3.24. The fourth-order valence-electron chi connectivity index (χ4n) is 1.38. The van der Waals surface area contributed by atoms with Gasteiger partial charge >= 0.3 is 0 Å². The highest BCUT2D eigenvalue weighted by molar-refractivity contribution is 5.07. The van der Waals surface area contributed by atoms with Crippen molar-refractivity contribution in [1.29, 1.82) is 0 Å². The summed E-state index contributed by atoms with van der Waals surface area (Å²) in [4.78, 5) is 11.6. The number of aromatic nitrogens is 1. The van der Waals surface area contributed by atoms with E-state index in [1.54, 1.807) is 4.57 Å². The number of hydrogen-bond acceptors (Lipinski definition) is 2. The minimum absolute atomic E-state index is 0.129. The molecule has 0 unspecified atom stereocenters. The van der Waals surface area contributed by atoms with Gasteiger partial charge in [0.05, 0.1) is 0 Å². The molecule has 0 radical (unpaired) electrons. The zero-order valence-corrected chi connectivity index (χ0v) is 8.92. The molecule has 0 saturated carbocycles. The van der Waals surface area contributed by atoms with Crippen LogP contribution in [0.5, 0.6) is 0 Å². The molecule has 0 atom stereocenters. The van der Waals surface area contributed by atoms with E-state index in [1.165, 1.54) is 0 Å². The molecule has 1 rings (SSSR count). The molecule has 1 heterocycles. The molecule has 3 nitrogen and oxygen atoms in total. The number of rotatable bonds is 5. The van der Waals surface area contributed by atoms with E-state index in [0.717, 1.165) is 31.6 Å². The lowest BCUT2D eigenvalue weighted by Gasteiger charge is -2.06. The number of nitrogens with one attached hydrogen (secondary N) is 1. The van der Waals surface area contributed by atoms with Crippen LogP contribution in [0, 0.1) is 6.92 Å². The molecule has 0 aliphatic carbocycles. The SMILES string of the molecule is CCNCCCn1cccc(C)c1=O. The van der Waals surface area contributed by atoms with E-state index >= 15 is 0 Å². The summed E-state index contributed by atoms with van der Waals surface area (Å²) in [6.45, 7) is 6.69. The van der Waals surface area contributed by atoms with Crippen LogP contribution in [-0.4, -0.2) is 17.7 Å². The van der Waals surface area contributed by atoms with E-state index in [9.17, 15) is 4.79 Å². The van der Waals surface area contributed by atoms with E-state index in [4.69, 9.17) is 0 Å². The fourth-order valence-corrected chi connectivity index (χ4v) is 1.38. The molecule has 0 aliphatic heterocycles. The molecule has 0 amide bonds. The highest BCUT2D eigenvalue weighted by Gasteiger charge is 1.97. The van der Waals surface area contributed by atoms with Gasteiger partial charge in [-0.25, -0.2) is 0 Å². The van der Waals surface area contributed by atoms with Gasteiger partial charge in [-0.3, -0.25) is 4.79 Å². The second kappa shape index (κ2) is 5.60. The topological polar surface area (TPSA) is 34.0 Å². The Labute approximate surface area is 84.8 Å². The van der Waals surface area contributed by atoms with Gasteiger partial charge in [0.2, 0.25) is 0 Å². The maximum Gasteiger partial charge on any atom is 0.253 e. The van der Waals surface area contributed by atoms with Gasteiger partial charge in [-0.2, -0.15) is 0 Å². The van der Waals surface area contributed by atoms with Crippen molar-refractivity contribution in [3.63, 3.8) is 0 Å². The third kappa shape index (κ3) is 3.00. The summed E-state index contributed by atoms with van der Waals surface area (Å²) >= 11 is 0. The molecule has 0 saturated heterocycles. The van der Waals surface area contributed by atoms with Crippen molar-refractivity contribution in [2.45, 2.75) is 26.8 Å². The van der Waals surface area contributed by atoms with Crippen molar-refractivity contribution >= 4 is 0 Å². The van der Waals surface area contributed by atoms with Gasteiger partial charge in [-0.05, 0) is 32.5 Å². The van der Waals surface area contributed by atoms with Crippen molar-refractivity contribution in [3.05, 3.63) is 34.2 Å². The first kappa shape index (κ1) is 11.0. The zero-order chi connectivity index (χ0) is 10.4. The zero-order valence-electron chi connectivity index (χ0n) is 8.92. The van der Waals surface area contributed by atoms with Crippen LogP contribution in [0.25, 0.3) is 0 Å². The summed E-state index contributed by atoms with van der Waals surface area (Å²) in [7, 11) is 0. The number of pyridine rings is 1. The highest BCUT2D eigenvalue weighted by atomic mass is 16.1. The van der Waals surface area contributed by atoms with Crippen LogP contribution < -0.4 is 10.9 Å². The number of hydrogen-bond donors (Lipinski definition) is 1. The molecular formula is C11H18N2O. The van der Waals surface area contributed by atoms with Crippen LogP contribution in [0.4, 0.5) is 0 Å². The maximum atomic E-state index is 11.6. The van der Waals surface area contributed by atoms with E-state index in [2.05, 4.69) is 12.2 Å². The molecule has 0 aromatic carbocycles. The molecule has 0 bridgehead atoms. The Hall–Kier alpha value is -1.09. The Morgan fingerprint density at radius 3 is 3.00 bits per heavy atom. The van der Waals surface area contributed by atoms with E-state index in [1.807, 2.05) is 25.3 Å². The molecule has 0 aliphatic rings. The lowest BCUT2D eigenvalue weighted by atomic mass is 10.3. The minimum atomic E-state index is 0.129. The van der Waals surface area contributed by atoms with E-state index in [-0.39, 0.29) is 5.56 Å². The lowest BCUT2D eigenvalue weighted by molar-refractivity contribution is 0.578. The molecule has 0 fully saturated rings. The molecular weight excluding hydrogens is 176 g/mol. The number of nitrogens with zero attached hydrogens (tertiary/aromatic N) is 1. The first-order valence-electron chi connectivity index (χ1n) is 5.12. The van der Waals surface area contributed by atoms with Crippen molar-refractivity contribution in [2.75, 3.05) is 13.1 Å². The third-order valence-electron chi connectivity index (χ3n) is 2.21. The van der Waals surface area contributed by atoms with Gasteiger partial charge in [-0.1, -0.05) is 13.0 Å². The molecule has 78 valence electrons. The first-order valence-corrected chi connectivity index (χ1v) is 5.12. The van der Waals surface area contributed by atoms with E-state index in [0.29, 0.717) is 0 Å². The molecule has 1 N–H and O–H groups in total. The Balaban J connectivity index is 2.51. The van der Waals surface area contributed by atoms with Gasteiger partial charge in [0.1, 0.15) is 0 Å².